The van der Waals surface area contributed by atoms with Crippen molar-refractivity contribution >= 4 is 12.1 Å². The Kier molecular flexibility index (Phi) is 5.69. The minimum atomic E-state index is -1.62. The van der Waals surface area contributed by atoms with Gasteiger partial charge in [0, 0.05) is 11.3 Å². The number of hydrogen-bond donors (Lipinski definition) is 2. The fraction of sp³-hybridized carbons (Fsp3) is 0.360. The first-order valence-corrected chi connectivity index (χ1v) is 10.8. The molecular formula is C25H28N4O4. The van der Waals surface area contributed by atoms with Crippen molar-refractivity contribution in [3.8, 4) is 11.1 Å². The Bertz CT molecular complexity index is 1150. The molecule has 1 amide bonds. The van der Waals surface area contributed by atoms with E-state index in [9.17, 15) is 14.7 Å². The Balaban J connectivity index is 1.46. The van der Waals surface area contributed by atoms with E-state index in [0.717, 1.165) is 22.3 Å². The van der Waals surface area contributed by atoms with Gasteiger partial charge in [0.05, 0.1) is 6.54 Å². The lowest BCUT2D eigenvalue weighted by atomic mass is 9.96. The molecule has 0 fully saturated rings. The molecule has 1 aliphatic carbocycles. The van der Waals surface area contributed by atoms with Crippen molar-refractivity contribution < 1.29 is 19.4 Å². The summed E-state index contributed by atoms with van der Waals surface area (Å²) < 4.78 is 6.95. The number of nitrogens with zero attached hydrogens (tertiary/aromatic N) is 3. The van der Waals surface area contributed by atoms with Crippen LogP contribution in [0.4, 0.5) is 4.79 Å². The second-order valence-corrected chi connectivity index (χ2v) is 9.60. The summed E-state index contributed by atoms with van der Waals surface area (Å²) in [6.07, 6.45) is 0.680. The van der Waals surface area contributed by atoms with Crippen molar-refractivity contribution in [2.45, 2.75) is 51.1 Å². The minimum Gasteiger partial charge on any atom is -0.479 e. The molecule has 0 aliphatic heterocycles. The van der Waals surface area contributed by atoms with Gasteiger partial charge in [0.15, 0.2) is 11.4 Å². The molecule has 4 rings (SSSR count). The van der Waals surface area contributed by atoms with Crippen LogP contribution in [0.3, 0.4) is 0 Å². The minimum absolute atomic E-state index is 0.0877. The third kappa shape index (κ3) is 4.46. The van der Waals surface area contributed by atoms with Gasteiger partial charge in [-0.05, 0) is 29.2 Å². The van der Waals surface area contributed by atoms with Crippen LogP contribution in [0, 0.1) is 0 Å². The summed E-state index contributed by atoms with van der Waals surface area (Å²) in [6.45, 7) is 7.35. The molecule has 0 saturated heterocycles. The van der Waals surface area contributed by atoms with Gasteiger partial charge in [0.25, 0.3) is 0 Å². The van der Waals surface area contributed by atoms with Crippen molar-refractivity contribution in [3.05, 3.63) is 71.8 Å². The number of fused-ring (bicyclic) bond motifs is 3. The molecule has 8 heteroatoms. The molecule has 1 aliphatic rings. The van der Waals surface area contributed by atoms with Crippen molar-refractivity contribution in [1.82, 2.24) is 20.1 Å². The van der Waals surface area contributed by atoms with Crippen LogP contribution in [0.5, 0.6) is 0 Å². The number of carbonyl (C=O) groups is 2. The number of benzene rings is 2. The number of hydrogen-bond acceptors (Lipinski definition) is 5. The highest BCUT2D eigenvalue weighted by molar-refractivity contribution is 5.84. The molecule has 8 nitrogen and oxygen atoms in total. The van der Waals surface area contributed by atoms with Gasteiger partial charge < -0.3 is 15.2 Å². The van der Waals surface area contributed by atoms with Crippen molar-refractivity contribution in [2.75, 3.05) is 6.61 Å². The Labute approximate surface area is 192 Å². The number of carboxylic acid groups (broad SMARTS) is 1. The van der Waals surface area contributed by atoms with Gasteiger partial charge >= 0.3 is 12.1 Å². The van der Waals surface area contributed by atoms with Gasteiger partial charge in [-0.25, -0.2) is 19.3 Å². The Morgan fingerprint density at radius 3 is 2.12 bits per heavy atom. The van der Waals surface area contributed by atoms with Gasteiger partial charge in [-0.3, -0.25) is 0 Å². The number of amides is 1. The molecular weight excluding hydrogens is 420 g/mol. The lowest BCUT2D eigenvalue weighted by molar-refractivity contribution is -0.144. The summed E-state index contributed by atoms with van der Waals surface area (Å²) in [7, 11) is 0. The third-order valence-electron chi connectivity index (χ3n) is 5.88. The molecule has 2 aromatic carbocycles. The molecule has 172 valence electrons. The van der Waals surface area contributed by atoms with E-state index in [1.807, 2.05) is 57.2 Å². The lowest BCUT2D eigenvalue weighted by Crippen LogP contribution is -2.55. The van der Waals surface area contributed by atoms with Crippen LogP contribution in [-0.2, 0) is 21.5 Å². The molecule has 33 heavy (non-hydrogen) atoms. The SMILES string of the molecule is CC(Cn1cnc(C(C)(C)C)n1)(NC(=O)OCC1c2ccccc2-c2ccccc21)C(=O)O. The zero-order valence-corrected chi connectivity index (χ0v) is 19.2. The maximum absolute atomic E-state index is 12.7. The zero-order chi connectivity index (χ0) is 23.8. The highest BCUT2D eigenvalue weighted by atomic mass is 16.5. The van der Waals surface area contributed by atoms with Crippen LogP contribution in [0.1, 0.15) is 50.6 Å². The number of rotatable bonds is 6. The van der Waals surface area contributed by atoms with Crippen molar-refractivity contribution in [3.63, 3.8) is 0 Å². The standard InChI is InChI=1S/C25H28N4O4/c1-24(2,3)21-26-15-29(28-21)14-25(4,22(30)31)27-23(32)33-13-20-18-11-7-5-9-16(18)17-10-6-8-12-19(17)20/h5-12,15,20H,13-14H2,1-4H3,(H,27,32)(H,30,31). The molecule has 1 atom stereocenters. The maximum Gasteiger partial charge on any atom is 0.408 e. The van der Waals surface area contributed by atoms with Crippen molar-refractivity contribution in [1.29, 1.82) is 0 Å². The number of nitrogens with one attached hydrogen (secondary N) is 1. The summed E-state index contributed by atoms with van der Waals surface area (Å²) in [5.74, 6) is -0.705. The number of aliphatic carboxylic acids is 1. The van der Waals surface area contributed by atoms with Gasteiger partial charge in [0.2, 0.25) is 0 Å². The Morgan fingerprint density at radius 1 is 1.03 bits per heavy atom. The van der Waals surface area contributed by atoms with E-state index in [1.54, 1.807) is 0 Å². The normalized spacial score (nSPS) is 14.8. The number of carboxylic acids is 1. The second kappa shape index (κ2) is 8.35. The summed E-state index contributed by atoms with van der Waals surface area (Å²) in [5.41, 5.74) is 2.53. The molecule has 1 heterocycles. The predicted molar refractivity (Wildman–Crippen MR) is 123 cm³/mol. The molecule has 0 spiro atoms. The smallest absolute Gasteiger partial charge is 0.408 e. The summed E-state index contributed by atoms with van der Waals surface area (Å²) in [5, 5.41) is 16.7. The number of alkyl carbamates (subject to hydrolysis) is 1. The molecule has 2 N–H and O–H groups in total. The van der Waals surface area contributed by atoms with E-state index in [2.05, 4.69) is 27.5 Å². The highest BCUT2D eigenvalue weighted by Gasteiger charge is 2.37. The molecule has 0 radical (unpaired) electrons. The largest absolute Gasteiger partial charge is 0.479 e. The Morgan fingerprint density at radius 2 is 1.61 bits per heavy atom. The topological polar surface area (TPSA) is 106 Å². The molecule has 1 aromatic heterocycles. The highest BCUT2D eigenvalue weighted by Crippen LogP contribution is 2.44. The van der Waals surface area contributed by atoms with Crippen LogP contribution < -0.4 is 5.32 Å². The first kappa shape index (κ1) is 22.5. The quantitative estimate of drug-likeness (QED) is 0.591. The van der Waals surface area contributed by atoms with Crippen LogP contribution in [0.2, 0.25) is 0 Å². The molecule has 1 unspecified atom stereocenters. The van der Waals surface area contributed by atoms with Crippen LogP contribution >= 0.6 is 0 Å². The predicted octanol–water partition coefficient (Wildman–Crippen LogP) is 3.96. The monoisotopic (exact) mass is 448 g/mol. The van der Waals surface area contributed by atoms with Crippen LogP contribution in [-0.4, -0.2) is 44.1 Å². The van der Waals surface area contributed by atoms with E-state index >= 15 is 0 Å². The fourth-order valence-electron chi connectivity index (χ4n) is 4.06. The average Bonchev–Trinajstić information content (AvgIpc) is 3.35. The Hall–Kier alpha value is -3.68. The molecule has 3 aromatic rings. The zero-order valence-electron chi connectivity index (χ0n) is 19.2. The summed E-state index contributed by atoms with van der Waals surface area (Å²) >= 11 is 0. The average molecular weight is 449 g/mol. The van der Waals surface area contributed by atoms with Crippen LogP contribution in [0.15, 0.2) is 54.9 Å². The number of aromatic nitrogens is 3. The van der Waals surface area contributed by atoms with E-state index in [1.165, 1.54) is 17.9 Å². The first-order valence-electron chi connectivity index (χ1n) is 10.8. The second-order valence-electron chi connectivity index (χ2n) is 9.60. The van der Waals surface area contributed by atoms with E-state index in [-0.39, 0.29) is 24.5 Å². The first-order chi connectivity index (χ1) is 15.6. The molecule has 0 saturated carbocycles. The maximum atomic E-state index is 12.7. The van der Waals surface area contributed by atoms with Gasteiger partial charge in [-0.2, -0.15) is 5.10 Å². The third-order valence-corrected chi connectivity index (χ3v) is 5.88. The van der Waals surface area contributed by atoms with E-state index in [4.69, 9.17) is 4.74 Å². The van der Waals surface area contributed by atoms with Crippen molar-refractivity contribution in [2.24, 2.45) is 0 Å². The number of ether oxygens (including phenoxy) is 1. The van der Waals surface area contributed by atoms with Crippen LogP contribution in [0.25, 0.3) is 11.1 Å². The molecule has 0 bridgehead atoms. The lowest BCUT2D eigenvalue weighted by Gasteiger charge is -2.26. The van der Waals surface area contributed by atoms with Gasteiger partial charge in [-0.15, -0.1) is 0 Å². The van der Waals surface area contributed by atoms with Gasteiger partial charge in [-0.1, -0.05) is 69.3 Å². The number of carbonyl (C=O) groups excluding carboxylic acids is 1. The van der Waals surface area contributed by atoms with Gasteiger partial charge in [0.1, 0.15) is 12.9 Å². The fourth-order valence-corrected chi connectivity index (χ4v) is 4.06. The van der Waals surface area contributed by atoms with E-state index < -0.39 is 17.6 Å². The summed E-state index contributed by atoms with van der Waals surface area (Å²) in [4.78, 5) is 28.9. The summed E-state index contributed by atoms with van der Waals surface area (Å²) in [6, 6.07) is 16.1. The van der Waals surface area contributed by atoms with E-state index in [0.29, 0.717) is 5.82 Å².